The molecule has 0 fully saturated rings. The van der Waals surface area contributed by atoms with Gasteiger partial charge in [0.15, 0.2) is 0 Å². The molecule has 2 aromatic rings. The van der Waals surface area contributed by atoms with Gasteiger partial charge in [-0.25, -0.2) is 0 Å². The number of carbonyl (C=O) groups excluding carboxylic acids is 4. The summed E-state index contributed by atoms with van der Waals surface area (Å²) >= 11 is 0. The molecule has 4 nitrogen and oxygen atoms in total. The van der Waals surface area contributed by atoms with Crippen molar-refractivity contribution in [3.8, 4) is 0 Å². The van der Waals surface area contributed by atoms with E-state index in [1.807, 2.05) is 0 Å². The third kappa shape index (κ3) is 7.96. The summed E-state index contributed by atoms with van der Waals surface area (Å²) in [6.45, 7) is 0. The highest BCUT2D eigenvalue weighted by Crippen LogP contribution is 2.19. The molecular formula is C23H18F6O4. The topological polar surface area (TPSA) is 68.3 Å². The van der Waals surface area contributed by atoms with E-state index in [-0.39, 0.29) is 11.1 Å². The molecule has 0 atom stereocenters. The van der Waals surface area contributed by atoms with Crippen LogP contribution in [0.3, 0.4) is 0 Å². The molecule has 0 amide bonds. The van der Waals surface area contributed by atoms with E-state index in [2.05, 4.69) is 0 Å². The number of hydrogen-bond acceptors (Lipinski definition) is 4. The van der Waals surface area contributed by atoms with E-state index in [1.54, 1.807) is 24.3 Å². The van der Waals surface area contributed by atoms with Crippen LogP contribution in [0.5, 0.6) is 0 Å². The molecule has 10 heteroatoms. The molecule has 0 unspecified atom stereocenters. The van der Waals surface area contributed by atoms with Gasteiger partial charge in [0.2, 0.25) is 11.6 Å². The number of ketones is 4. The monoisotopic (exact) mass is 472 g/mol. The average molecular weight is 472 g/mol. The predicted octanol–water partition coefficient (Wildman–Crippen LogP) is 4.35. The van der Waals surface area contributed by atoms with Gasteiger partial charge in [0, 0.05) is 12.8 Å². The third-order valence-electron chi connectivity index (χ3n) is 4.73. The van der Waals surface area contributed by atoms with Gasteiger partial charge in [0.1, 0.15) is 0 Å². The normalized spacial score (nSPS) is 11.8. The van der Waals surface area contributed by atoms with Crippen LogP contribution in [-0.4, -0.2) is 35.5 Å². The first kappa shape index (κ1) is 26.0. The van der Waals surface area contributed by atoms with Crippen LogP contribution < -0.4 is 0 Å². The number of alkyl halides is 6. The summed E-state index contributed by atoms with van der Waals surface area (Å²) in [4.78, 5) is 44.6. The summed E-state index contributed by atoms with van der Waals surface area (Å²) in [5.74, 6) is -7.81. The maximum absolute atomic E-state index is 12.3. The zero-order chi connectivity index (χ0) is 24.8. The maximum atomic E-state index is 12.3. The van der Waals surface area contributed by atoms with Gasteiger partial charge < -0.3 is 0 Å². The SMILES string of the molecule is O=C(Cc1ccc(CCCc2ccc(CC(=O)C(=O)C(F)(F)F)cc2)cc1)C(=O)C(F)(F)F. The van der Waals surface area contributed by atoms with Crippen molar-refractivity contribution >= 4 is 23.1 Å². The van der Waals surface area contributed by atoms with Crippen LogP contribution in [0.1, 0.15) is 28.7 Å². The van der Waals surface area contributed by atoms with Gasteiger partial charge in [-0.1, -0.05) is 48.5 Å². The van der Waals surface area contributed by atoms with E-state index in [9.17, 15) is 45.5 Å². The molecule has 2 aromatic carbocycles. The number of carbonyl (C=O) groups is 4. The van der Waals surface area contributed by atoms with Gasteiger partial charge >= 0.3 is 23.9 Å². The summed E-state index contributed by atoms with van der Waals surface area (Å²) in [6.07, 6.45) is -9.76. The maximum Gasteiger partial charge on any atom is 0.458 e. The minimum absolute atomic E-state index is 0.287. The van der Waals surface area contributed by atoms with E-state index in [1.165, 1.54) is 24.3 Å². The highest BCUT2D eigenvalue weighted by Gasteiger charge is 2.43. The second-order valence-corrected chi connectivity index (χ2v) is 7.34. The molecule has 176 valence electrons. The third-order valence-corrected chi connectivity index (χ3v) is 4.73. The van der Waals surface area contributed by atoms with Gasteiger partial charge in [-0.15, -0.1) is 0 Å². The molecule has 0 saturated heterocycles. The summed E-state index contributed by atoms with van der Waals surface area (Å²) in [6, 6.07) is 12.5. The number of rotatable bonds is 10. The second kappa shape index (κ2) is 10.5. The minimum Gasteiger partial charge on any atom is -0.290 e. The Bertz CT molecular complexity index is 935. The van der Waals surface area contributed by atoms with Crippen LogP contribution in [0, 0.1) is 0 Å². The van der Waals surface area contributed by atoms with Crippen molar-refractivity contribution in [2.24, 2.45) is 0 Å². The Morgan fingerprint density at radius 2 is 0.788 bits per heavy atom. The van der Waals surface area contributed by atoms with Gasteiger partial charge in [0.05, 0.1) is 0 Å². The van der Waals surface area contributed by atoms with Gasteiger partial charge in [-0.3, -0.25) is 19.2 Å². The number of hydrogen-bond donors (Lipinski definition) is 0. The average Bonchev–Trinajstić information content (AvgIpc) is 2.73. The molecule has 0 aliphatic carbocycles. The molecule has 0 aromatic heterocycles. The lowest BCUT2D eigenvalue weighted by Crippen LogP contribution is -2.31. The largest absolute Gasteiger partial charge is 0.458 e. The predicted molar refractivity (Wildman–Crippen MR) is 104 cm³/mol. The van der Waals surface area contributed by atoms with E-state index < -0.39 is 48.3 Å². The van der Waals surface area contributed by atoms with Gasteiger partial charge in [0.25, 0.3) is 0 Å². The van der Waals surface area contributed by atoms with Gasteiger partial charge in [-0.2, -0.15) is 26.3 Å². The zero-order valence-electron chi connectivity index (χ0n) is 17.1. The highest BCUT2D eigenvalue weighted by atomic mass is 19.4. The van der Waals surface area contributed by atoms with Crippen molar-refractivity contribution in [3.63, 3.8) is 0 Å². The molecule has 2 rings (SSSR count). The van der Waals surface area contributed by atoms with Crippen molar-refractivity contribution in [2.75, 3.05) is 0 Å². The molecule has 0 aliphatic heterocycles. The van der Waals surface area contributed by atoms with Crippen LogP contribution in [0.25, 0.3) is 0 Å². The molecule has 0 spiro atoms. The van der Waals surface area contributed by atoms with Crippen LogP contribution in [-0.2, 0) is 44.9 Å². The van der Waals surface area contributed by atoms with Crippen LogP contribution in [0.15, 0.2) is 48.5 Å². The Morgan fingerprint density at radius 3 is 1.06 bits per heavy atom. The van der Waals surface area contributed by atoms with Crippen LogP contribution in [0.4, 0.5) is 26.3 Å². The zero-order valence-corrected chi connectivity index (χ0v) is 17.1. The highest BCUT2D eigenvalue weighted by molar-refractivity contribution is 6.40. The quantitative estimate of drug-likeness (QED) is 0.381. The Labute approximate surface area is 184 Å². The van der Waals surface area contributed by atoms with Crippen molar-refractivity contribution in [1.82, 2.24) is 0 Å². The second-order valence-electron chi connectivity index (χ2n) is 7.34. The summed E-state index contributed by atoms with van der Waals surface area (Å²) in [5, 5.41) is 0. The number of halogens is 6. The molecule has 0 aliphatic rings. The molecule has 0 heterocycles. The van der Waals surface area contributed by atoms with E-state index >= 15 is 0 Å². The molecule has 33 heavy (non-hydrogen) atoms. The summed E-state index contributed by atoms with van der Waals surface area (Å²) in [5.41, 5.74) is 2.30. The molecular weight excluding hydrogens is 454 g/mol. The number of benzene rings is 2. The Hall–Kier alpha value is -3.30. The summed E-state index contributed by atoms with van der Waals surface area (Å²) in [7, 11) is 0. The van der Waals surface area contributed by atoms with E-state index in [0.29, 0.717) is 19.3 Å². The smallest absolute Gasteiger partial charge is 0.290 e. The minimum atomic E-state index is -5.19. The lowest BCUT2D eigenvalue weighted by atomic mass is 9.99. The first-order valence-corrected chi connectivity index (χ1v) is 9.71. The van der Waals surface area contributed by atoms with Gasteiger partial charge in [-0.05, 0) is 41.5 Å². The number of aryl methyl sites for hydroxylation is 2. The first-order chi connectivity index (χ1) is 15.3. The lowest BCUT2D eigenvalue weighted by molar-refractivity contribution is -0.174. The standard InChI is InChI=1S/C23H18F6O4/c24-22(25,26)20(32)18(30)12-16-8-4-14(5-9-16)2-1-3-15-6-10-17(11-7-15)13-19(31)21(33)23(27,28)29/h4-11H,1-3,12-13H2. The fraction of sp³-hybridized carbons (Fsp3) is 0.304. The van der Waals surface area contributed by atoms with Crippen LogP contribution in [0.2, 0.25) is 0 Å². The lowest BCUT2D eigenvalue weighted by Gasteiger charge is -2.07. The summed E-state index contributed by atoms with van der Waals surface area (Å²) < 4.78 is 73.6. The van der Waals surface area contributed by atoms with E-state index in [4.69, 9.17) is 0 Å². The van der Waals surface area contributed by atoms with Crippen molar-refractivity contribution in [2.45, 2.75) is 44.5 Å². The molecule has 0 saturated carbocycles. The number of Topliss-reactive ketones (excluding diaryl/α,β-unsaturated/α-hetero) is 4. The molecule has 0 radical (unpaired) electrons. The fourth-order valence-corrected chi connectivity index (χ4v) is 2.99. The van der Waals surface area contributed by atoms with Crippen molar-refractivity contribution in [3.05, 3.63) is 70.8 Å². The van der Waals surface area contributed by atoms with E-state index in [0.717, 1.165) is 11.1 Å². The Kier molecular flexibility index (Phi) is 8.29. The Morgan fingerprint density at radius 1 is 0.515 bits per heavy atom. The first-order valence-electron chi connectivity index (χ1n) is 9.71. The van der Waals surface area contributed by atoms with Crippen LogP contribution >= 0.6 is 0 Å². The Balaban J connectivity index is 1.82. The fourth-order valence-electron chi connectivity index (χ4n) is 2.99. The van der Waals surface area contributed by atoms with Crippen molar-refractivity contribution in [1.29, 1.82) is 0 Å². The molecule has 0 bridgehead atoms. The molecule has 0 N–H and O–H groups in total. The van der Waals surface area contributed by atoms with Crippen molar-refractivity contribution < 1.29 is 45.5 Å².